The van der Waals surface area contributed by atoms with Crippen molar-refractivity contribution in [2.45, 2.75) is 32.2 Å². The fourth-order valence-electron chi connectivity index (χ4n) is 1.82. The van der Waals surface area contributed by atoms with E-state index in [1.54, 1.807) is 0 Å². The molecule has 17 heavy (non-hydrogen) atoms. The van der Waals surface area contributed by atoms with Gasteiger partial charge in [-0.05, 0) is 30.9 Å². The fourth-order valence-corrected chi connectivity index (χ4v) is 1.82. The second-order valence-electron chi connectivity index (χ2n) is 4.44. The van der Waals surface area contributed by atoms with Gasteiger partial charge >= 0.3 is 0 Å². The number of hydrogen-bond donors (Lipinski definition) is 1. The number of furan rings is 1. The van der Waals surface area contributed by atoms with Gasteiger partial charge in [0.1, 0.15) is 5.76 Å². The molecule has 0 aromatic carbocycles. The van der Waals surface area contributed by atoms with Crippen molar-refractivity contribution in [1.29, 1.82) is 0 Å². The summed E-state index contributed by atoms with van der Waals surface area (Å²) in [6, 6.07) is 3.66. The maximum atomic E-state index is 6.01. The molecule has 1 aliphatic carbocycles. The monoisotopic (exact) mass is 233 g/mol. The summed E-state index contributed by atoms with van der Waals surface area (Å²) in [6.07, 6.45) is 3.17. The van der Waals surface area contributed by atoms with Crippen LogP contribution >= 0.6 is 0 Å². The first-order chi connectivity index (χ1) is 8.28. The van der Waals surface area contributed by atoms with Crippen LogP contribution in [0.1, 0.15) is 37.4 Å². The minimum Gasteiger partial charge on any atom is -0.456 e. The first-order valence-electron chi connectivity index (χ1n) is 5.96. The maximum absolute atomic E-state index is 6.01. The molecule has 1 unspecified atom stereocenters. The first kappa shape index (κ1) is 10.5. The third-order valence-electron chi connectivity index (χ3n) is 3.09. The molecule has 0 amide bonds. The molecule has 1 atom stereocenters. The van der Waals surface area contributed by atoms with E-state index in [1.165, 1.54) is 0 Å². The van der Waals surface area contributed by atoms with Crippen LogP contribution in [-0.4, -0.2) is 10.1 Å². The molecule has 5 heteroatoms. The van der Waals surface area contributed by atoms with Crippen LogP contribution in [0, 0.1) is 5.92 Å². The van der Waals surface area contributed by atoms with Crippen LogP contribution in [-0.2, 0) is 6.42 Å². The molecule has 0 saturated heterocycles. The molecule has 1 fully saturated rings. The molecule has 0 radical (unpaired) electrons. The van der Waals surface area contributed by atoms with Crippen molar-refractivity contribution in [3.05, 3.63) is 23.7 Å². The number of nitrogens with two attached hydrogens (primary N) is 1. The standard InChI is InChI=1S/C12H15N3O2/c1-2-8-5-6-9(16-8)12-14-11(15-17-12)10(13)7-3-4-7/h5-7,10H,2-4,13H2,1H3. The lowest BCUT2D eigenvalue weighted by atomic mass is 10.2. The molecule has 90 valence electrons. The molecule has 1 aliphatic rings. The van der Waals surface area contributed by atoms with Crippen LogP contribution in [0.15, 0.2) is 21.1 Å². The van der Waals surface area contributed by atoms with Crippen molar-refractivity contribution in [1.82, 2.24) is 10.1 Å². The SMILES string of the molecule is CCc1ccc(-c2nc(C(N)C3CC3)no2)o1. The predicted molar refractivity (Wildman–Crippen MR) is 61.0 cm³/mol. The summed E-state index contributed by atoms with van der Waals surface area (Å²) in [4.78, 5) is 4.29. The van der Waals surface area contributed by atoms with E-state index < -0.39 is 0 Å². The molecule has 0 bridgehead atoms. The molecular weight excluding hydrogens is 218 g/mol. The Morgan fingerprint density at radius 3 is 2.94 bits per heavy atom. The van der Waals surface area contributed by atoms with Crippen LogP contribution in [0.2, 0.25) is 0 Å². The summed E-state index contributed by atoms with van der Waals surface area (Å²) in [7, 11) is 0. The summed E-state index contributed by atoms with van der Waals surface area (Å²) in [5.41, 5.74) is 6.01. The van der Waals surface area contributed by atoms with Gasteiger partial charge in [-0.25, -0.2) is 0 Å². The van der Waals surface area contributed by atoms with E-state index in [4.69, 9.17) is 14.7 Å². The van der Waals surface area contributed by atoms with Gasteiger partial charge in [-0.2, -0.15) is 4.98 Å². The predicted octanol–water partition coefficient (Wildman–Crippen LogP) is 2.30. The number of nitrogens with zero attached hydrogens (tertiary/aromatic N) is 2. The van der Waals surface area contributed by atoms with Gasteiger partial charge in [-0.3, -0.25) is 0 Å². The van der Waals surface area contributed by atoms with Crippen molar-refractivity contribution in [2.24, 2.45) is 11.7 Å². The van der Waals surface area contributed by atoms with Crippen LogP contribution in [0.25, 0.3) is 11.7 Å². The van der Waals surface area contributed by atoms with Gasteiger partial charge in [-0.15, -0.1) is 0 Å². The molecule has 0 aliphatic heterocycles. The topological polar surface area (TPSA) is 78.1 Å². The van der Waals surface area contributed by atoms with Gasteiger partial charge in [0.15, 0.2) is 11.6 Å². The normalized spacial score (nSPS) is 17.3. The zero-order chi connectivity index (χ0) is 11.8. The van der Waals surface area contributed by atoms with Gasteiger partial charge in [-0.1, -0.05) is 12.1 Å². The van der Waals surface area contributed by atoms with E-state index in [9.17, 15) is 0 Å². The van der Waals surface area contributed by atoms with Crippen molar-refractivity contribution >= 4 is 0 Å². The Balaban J connectivity index is 1.83. The highest BCUT2D eigenvalue weighted by Gasteiger charge is 2.32. The molecule has 5 nitrogen and oxygen atoms in total. The summed E-state index contributed by atoms with van der Waals surface area (Å²) in [6.45, 7) is 2.03. The Kier molecular flexibility index (Phi) is 2.48. The minimum absolute atomic E-state index is 0.104. The quantitative estimate of drug-likeness (QED) is 0.876. The lowest BCUT2D eigenvalue weighted by molar-refractivity contribution is 0.397. The minimum atomic E-state index is -0.104. The van der Waals surface area contributed by atoms with Crippen molar-refractivity contribution in [3.63, 3.8) is 0 Å². The van der Waals surface area contributed by atoms with Crippen LogP contribution < -0.4 is 5.73 Å². The highest BCUT2D eigenvalue weighted by Crippen LogP contribution is 2.38. The van der Waals surface area contributed by atoms with Crippen LogP contribution in [0.3, 0.4) is 0 Å². The lowest BCUT2D eigenvalue weighted by Crippen LogP contribution is -2.13. The van der Waals surface area contributed by atoms with E-state index in [0.29, 0.717) is 23.4 Å². The van der Waals surface area contributed by atoms with Crippen LogP contribution in [0.4, 0.5) is 0 Å². The molecule has 2 aromatic heterocycles. The highest BCUT2D eigenvalue weighted by atomic mass is 16.5. The van der Waals surface area contributed by atoms with Gasteiger partial charge in [0.2, 0.25) is 0 Å². The van der Waals surface area contributed by atoms with E-state index in [2.05, 4.69) is 10.1 Å². The summed E-state index contributed by atoms with van der Waals surface area (Å²) in [5.74, 6) is 3.03. The summed E-state index contributed by atoms with van der Waals surface area (Å²) < 4.78 is 10.7. The second-order valence-corrected chi connectivity index (χ2v) is 4.44. The van der Waals surface area contributed by atoms with Gasteiger partial charge in [0.25, 0.3) is 5.89 Å². The van der Waals surface area contributed by atoms with Crippen molar-refractivity contribution in [3.8, 4) is 11.7 Å². The largest absolute Gasteiger partial charge is 0.456 e. The number of aromatic nitrogens is 2. The van der Waals surface area contributed by atoms with Gasteiger partial charge in [0.05, 0.1) is 6.04 Å². The third-order valence-corrected chi connectivity index (χ3v) is 3.09. The Labute approximate surface area is 99.0 Å². The van der Waals surface area contributed by atoms with E-state index >= 15 is 0 Å². The Hall–Kier alpha value is -1.62. The number of aryl methyl sites for hydroxylation is 1. The summed E-state index contributed by atoms with van der Waals surface area (Å²) >= 11 is 0. The molecule has 3 rings (SSSR count). The third kappa shape index (κ3) is 1.98. The van der Waals surface area contributed by atoms with E-state index in [-0.39, 0.29) is 6.04 Å². The highest BCUT2D eigenvalue weighted by molar-refractivity contribution is 5.44. The summed E-state index contributed by atoms with van der Waals surface area (Å²) in [5, 5.41) is 3.92. The van der Waals surface area contributed by atoms with Crippen molar-refractivity contribution in [2.75, 3.05) is 0 Å². The number of rotatable bonds is 4. The van der Waals surface area contributed by atoms with Gasteiger partial charge < -0.3 is 14.7 Å². The average Bonchev–Trinajstić information content (AvgIpc) is 2.91. The molecule has 0 spiro atoms. The molecular formula is C12H15N3O2. The van der Waals surface area contributed by atoms with E-state index in [0.717, 1.165) is 25.0 Å². The molecule has 1 saturated carbocycles. The Morgan fingerprint density at radius 1 is 1.47 bits per heavy atom. The van der Waals surface area contributed by atoms with Crippen LogP contribution in [0.5, 0.6) is 0 Å². The molecule has 2 aromatic rings. The first-order valence-corrected chi connectivity index (χ1v) is 5.96. The average molecular weight is 233 g/mol. The fraction of sp³-hybridized carbons (Fsp3) is 0.500. The van der Waals surface area contributed by atoms with Gasteiger partial charge in [0, 0.05) is 6.42 Å². The lowest BCUT2D eigenvalue weighted by Gasteiger charge is -2.01. The Morgan fingerprint density at radius 2 is 2.29 bits per heavy atom. The molecule has 2 N–H and O–H groups in total. The Bertz CT molecular complexity index is 513. The molecule has 2 heterocycles. The maximum Gasteiger partial charge on any atom is 0.293 e. The smallest absolute Gasteiger partial charge is 0.293 e. The van der Waals surface area contributed by atoms with Crippen molar-refractivity contribution < 1.29 is 8.94 Å². The zero-order valence-corrected chi connectivity index (χ0v) is 9.72. The number of hydrogen-bond acceptors (Lipinski definition) is 5. The van der Waals surface area contributed by atoms with E-state index in [1.807, 2.05) is 19.1 Å². The zero-order valence-electron chi connectivity index (χ0n) is 9.72. The second kappa shape index (κ2) is 4.00.